The van der Waals surface area contributed by atoms with Crippen LogP contribution in [0.15, 0.2) is 18.2 Å². The highest BCUT2D eigenvalue weighted by Gasteiger charge is 2.36. The van der Waals surface area contributed by atoms with Gasteiger partial charge in [0.15, 0.2) is 11.6 Å². The standard InChI is InChI=1S/C15H19FN2O2/c1-20-14-7-10(4-5-12(14)16)15(19)18-8-11-3-2-6-17-13(11)9-18/h4-5,7,11,13,17H,2-3,6,8-9H2,1H3/t11-,13+/m0/s1. The van der Waals surface area contributed by atoms with Crippen LogP contribution in [-0.2, 0) is 0 Å². The first kappa shape index (κ1) is 13.4. The molecule has 0 radical (unpaired) electrons. The number of nitrogens with zero attached hydrogens (tertiary/aromatic N) is 1. The zero-order chi connectivity index (χ0) is 14.1. The zero-order valence-electron chi connectivity index (χ0n) is 11.6. The van der Waals surface area contributed by atoms with Crippen LogP contribution in [-0.4, -0.2) is 43.6 Å². The first-order chi connectivity index (χ1) is 9.69. The second-order valence-electron chi connectivity index (χ2n) is 5.52. The molecule has 1 amide bonds. The second-order valence-corrected chi connectivity index (χ2v) is 5.52. The Bertz CT molecular complexity index is 507. The topological polar surface area (TPSA) is 41.6 Å². The molecule has 0 saturated carbocycles. The van der Waals surface area contributed by atoms with Gasteiger partial charge in [0, 0.05) is 24.7 Å². The number of hydrogen-bond donors (Lipinski definition) is 1. The summed E-state index contributed by atoms with van der Waals surface area (Å²) >= 11 is 0. The Kier molecular flexibility index (Phi) is 3.61. The molecule has 2 aliphatic rings. The first-order valence-corrected chi connectivity index (χ1v) is 7.05. The Morgan fingerprint density at radius 1 is 1.45 bits per heavy atom. The molecule has 0 aromatic heterocycles. The number of fused-ring (bicyclic) bond motifs is 1. The van der Waals surface area contributed by atoms with Gasteiger partial charge in [0.05, 0.1) is 7.11 Å². The van der Waals surface area contributed by atoms with Crippen LogP contribution in [0.2, 0.25) is 0 Å². The van der Waals surface area contributed by atoms with Gasteiger partial charge in [-0.05, 0) is 43.5 Å². The summed E-state index contributed by atoms with van der Waals surface area (Å²) in [4.78, 5) is 14.4. The largest absolute Gasteiger partial charge is 0.494 e. The van der Waals surface area contributed by atoms with Gasteiger partial charge in [0.1, 0.15) is 0 Å². The van der Waals surface area contributed by atoms with E-state index in [-0.39, 0.29) is 11.7 Å². The Morgan fingerprint density at radius 2 is 2.30 bits per heavy atom. The third-order valence-electron chi connectivity index (χ3n) is 4.28. The molecule has 3 rings (SSSR count). The fourth-order valence-electron chi connectivity index (χ4n) is 3.19. The third kappa shape index (κ3) is 2.38. The maximum Gasteiger partial charge on any atom is 0.254 e. The predicted octanol–water partition coefficient (Wildman–Crippen LogP) is 1.66. The molecular weight excluding hydrogens is 259 g/mol. The minimum atomic E-state index is -0.444. The van der Waals surface area contributed by atoms with Crippen molar-refractivity contribution in [3.8, 4) is 5.75 Å². The van der Waals surface area contributed by atoms with Crippen molar-refractivity contribution in [1.29, 1.82) is 0 Å². The van der Waals surface area contributed by atoms with Gasteiger partial charge in [-0.25, -0.2) is 4.39 Å². The van der Waals surface area contributed by atoms with Crippen molar-refractivity contribution in [2.75, 3.05) is 26.7 Å². The lowest BCUT2D eigenvalue weighted by molar-refractivity contribution is 0.0785. The number of rotatable bonds is 2. The molecule has 1 N–H and O–H groups in total. The molecule has 0 bridgehead atoms. The van der Waals surface area contributed by atoms with E-state index in [0.717, 1.165) is 19.6 Å². The molecule has 0 spiro atoms. The fourth-order valence-corrected chi connectivity index (χ4v) is 3.19. The molecule has 2 atom stereocenters. The van der Waals surface area contributed by atoms with Gasteiger partial charge < -0.3 is 15.0 Å². The van der Waals surface area contributed by atoms with Crippen molar-refractivity contribution >= 4 is 5.91 Å². The number of likely N-dealkylation sites (tertiary alicyclic amines) is 1. The van der Waals surface area contributed by atoms with Crippen molar-refractivity contribution in [3.63, 3.8) is 0 Å². The molecular formula is C15H19FN2O2. The van der Waals surface area contributed by atoms with Gasteiger partial charge in [-0.15, -0.1) is 0 Å². The van der Waals surface area contributed by atoms with E-state index in [4.69, 9.17) is 4.74 Å². The number of carbonyl (C=O) groups excluding carboxylic acids is 1. The zero-order valence-corrected chi connectivity index (χ0v) is 11.6. The van der Waals surface area contributed by atoms with Crippen LogP contribution in [0.5, 0.6) is 5.75 Å². The molecule has 5 heteroatoms. The maximum atomic E-state index is 13.4. The molecule has 2 fully saturated rings. The van der Waals surface area contributed by atoms with Crippen LogP contribution in [0.25, 0.3) is 0 Å². The lowest BCUT2D eigenvalue weighted by Gasteiger charge is -2.24. The van der Waals surface area contributed by atoms with Crippen LogP contribution in [0.3, 0.4) is 0 Å². The van der Waals surface area contributed by atoms with Crippen LogP contribution in [0, 0.1) is 11.7 Å². The number of halogens is 1. The van der Waals surface area contributed by atoms with Crippen molar-refractivity contribution in [2.45, 2.75) is 18.9 Å². The lowest BCUT2D eigenvalue weighted by Crippen LogP contribution is -2.41. The Balaban J connectivity index is 1.76. The number of ether oxygens (including phenoxy) is 1. The molecule has 4 nitrogen and oxygen atoms in total. The van der Waals surface area contributed by atoms with E-state index in [1.54, 1.807) is 0 Å². The number of carbonyl (C=O) groups is 1. The molecule has 1 aromatic carbocycles. The highest BCUT2D eigenvalue weighted by atomic mass is 19.1. The second kappa shape index (κ2) is 5.40. The summed E-state index contributed by atoms with van der Waals surface area (Å²) in [6.07, 6.45) is 2.35. The lowest BCUT2D eigenvalue weighted by atomic mass is 9.94. The summed E-state index contributed by atoms with van der Waals surface area (Å²) in [6, 6.07) is 4.70. The van der Waals surface area contributed by atoms with Crippen LogP contribution < -0.4 is 10.1 Å². The quantitative estimate of drug-likeness (QED) is 0.894. The van der Waals surface area contributed by atoms with Crippen LogP contribution in [0.1, 0.15) is 23.2 Å². The van der Waals surface area contributed by atoms with Crippen molar-refractivity contribution in [3.05, 3.63) is 29.6 Å². The molecule has 2 saturated heterocycles. The summed E-state index contributed by atoms with van der Waals surface area (Å²) in [5.41, 5.74) is 0.488. The van der Waals surface area contributed by atoms with E-state index in [2.05, 4.69) is 5.32 Å². The normalized spacial score (nSPS) is 25.4. The van der Waals surface area contributed by atoms with Gasteiger partial charge in [0.25, 0.3) is 5.91 Å². The summed E-state index contributed by atoms with van der Waals surface area (Å²) in [6.45, 7) is 2.56. The number of amides is 1. The minimum Gasteiger partial charge on any atom is -0.494 e. The first-order valence-electron chi connectivity index (χ1n) is 7.05. The number of nitrogens with one attached hydrogen (secondary N) is 1. The van der Waals surface area contributed by atoms with Gasteiger partial charge in [-0.1, -0.05) is 0 Å². The molecule has 2 heterocycles. The minimum absolute atomic E-state index is 0.0421. The summed E-state index contributed by atoms with van der Waals surface area (Å²) in [7, 11) is 1.40. The smallest absolute Gasteiger partial charge is 0.254 e. The van der Waals surface area contributed by atoms with Gasteiger partial charge in [0.2, 0.25) is 0 Å². The Hall–Kier alpha value is -1.62. The van der Waals surface area contributed by atoms with Crippen LogP contribution >= 0.6 is 0 Å². The molecule has 0 aliphatic carbocycles. The number of piperidine rings is 1. The maximum absolute atomic E-state index is 13.4. The monoisotopic (exact) mass is 278 g/mol. The van der Waals surface area contributed by atoms with E-state index in [1.165, 1.54) is 38.2 Å². The van der Waals surface area contributed by atoms with Crippen molar-refractivity contribution in [2.24, 2.45) is 5.92 Å². The fraction of sp³-hybridized carbons (Fsp3) is 0.533. The average Bonchev–Trinajstić information content (AvgIpc) is 2.91. The number of benzene rings is 1. The average molecular weight is 278 g/mol. The van der Waals surface area contributed by atoms with Gasteiger partial charge >= 0.3 is 0 Å². The highest BCUT2D eigenvalue weighted by Crippen LogP contribution is 2.27. The Labute approximate surface area is 117 Å². The highest BCUT2D eigenvalue weighted by molar-refractivity contribution is 5.94. The summed E-state index contributed by atoms with van der Waals surface area (Å²) in [5.74, 6) is 0.181. The van der Waals surface area contributed by atoms with E-state index < -0.39 is 5.82 Å². The molecule has 0 unspecified atom stereocenters. The van der Waals surface area contributed by atoms with Crippen LogP contribution in [0.4, 0.5) is 4.39 Å². The molecule has 108 valence electrons. The Morgan fingerprint density at radius 3 is 3.05 bits per heavy atom. The van der Waals surface area contributed by atoms with E-state index in [1.807, 2.05) is 4.90 Å². The summed E-state index contributed by atoms with van der Waals surface area (Å²) < 4.78 is 18.3. The molecule has 2 aliphatic heterocycles. The molecule has 20 heavy (non-hydrogen) atoms. The number of methoxy groups -OCH3 is 1. The van der Waals surface area contributed by atoms with Crippen molar-refractivity contribution < 1.29 is 13.9 Å². The van der Waals surface area contributed by atoms with Crippen molar-refractivity contribution in [1.82, 2.24) is 10.2 Å². The van der Waals surface area contributed by atoms with Gasteiger partial charge in [-0.3, -0.25) is 4.79 Å². The van der Waals surface area contributed by atoms with Gasteiger partial charge in [-0.2, -0.15) is 0 Å². The SMILES string of the molecule is COc1cc(C(=O)N2C[C@@H]3CCCN[C@@H]3C2)ccc1F. The third-order valence-corrected chi connectivity index (χ3v) is 4.28. The predicted molar refractivity (Wildman–Crippen MR) is 73.4 cm³/mol. The van der Waals surface area contributed by atoms with E-state index in [9.17, 15) is 9.18 Å². The van der Waals surface area contributed by atoms with E-state index in [0.29, 0.717) is 17.5 Å². The number of hydrogen-bond acceptors (Lipinski definition) is 3. The summed E-state index contributed by atoms with van der Waals surface area (Å²) in [5, 5.41) is 3.47. The molecule has 1 aromatic rings. The van der Waals surface area contributed by atoms with E-state index >= 15 is 0 Å².